The zero-order valence-electron chi connectivity index (χ0n) is 15.9. The van der Waals surface area contributed by atoms with E-state index in [1.807, 2.05) is 0 Å². The summed E-state index contributed by atoms with van der Waals surface area (Å²) in [6, 6.07) is 11.1. The van der Waals surface area contributed by atoms with E-state index in [1.165, 1.54) is 48.5 Å². The van der Waals surface area contributed by atoms with Gasteiger partial charge in [0.2, 0.25) is 10.0 Å². The highest BCUT2D eigenvalue weighted by molar-refractivity contribution is 7.89. The summed E-state index contributed by atoms with van der Waals surface area (Å²) < 4.78 is 45.6. The Morgan fingerprint density at radius 2 is 1.69 bits per heavy atom. The molecule has 0 unspecified atom stereocenters. The molecule has 1 amide bonds. The summed E-state index contributed by atoms with van der Waals surface area (Å²) in [7, 11) is -3.61. The van der Waals surface area contributed by atoms with E-state index >= 15 is 0 Å². The van der Waals surface area contributed by atoms with E-state index in [0.717, 1.165) is 32.8 Å². The zero-order chi connectivity index (χ0) is 20.7. The van der Waals surface area contributed by atoms with Crippen molar-refractivity contribution >= 4 is 21.6 Å². The first-order valence-corrected chi connectivity index (χ1v) is 10.9. The van der Waals surface area contributed by atoms with Crippen LogP contribution in [0, 0.1) is 5.82 Å². The van der Waals surface area contributed by atoms with Crippen LogP contribution in [0.2, 0.25) is 0 Å². The minimum absolute atomic E-state index is 0.128. The second-order valence-electron chi connectivity index (χ2n) is 6.69. The Morgan fingerprint density at radius 3 is 2.34 bits per heavy atom. The maximum absolute atomic E-state index is 12.9. The van der Waals surface area contributed by atoms with Gasteiger partial charge in [-0.2, -0.15) is 0 Å². The number of carbonyl (C=O) groups is 1. The van der Waals surface area contributed by atoms with E-state index in [-0.39, 0.29) is 4.90 Å². The summed E-state index contributed by atoms with van der Waals surface area (Å²) in [6.07, 6.45) is 0.713. The van der Waals surface area contributed by atoms with Crippen LogP contribution in [0.4, 0.5) is 10.1 Å². The summed E-state index contributed by atoms with van der Waals surface area (Å²) in [6.45, 7) is 4.35. The molecule has 156 valence electrons. The first-order valence-electron chi connectivity index (χ1n) is 9.41. The maximum Gasteiger partial charge on any atom is 0.255 e. The molecule has 0 radical (unpaired) electrons. The molecule has 1 fully saturated rings. The summed E-state index contributed by atoms with van der Waals surface area (Å²) in [5.74, 6) is -0.824. The third kappa shape index (κ3) is 6.33. The number of benzene rings is 2. The first kappa shape index (κ1) is 21.4. The average molecular weight is 421 g/mol. The maximum atomic E-state index is 12.9. The van der Waals surface area contributed by atoms with E-state index in [2.05, 4.69) is 14.9 Å². The SMILES string of the molecule is O=C(Nc1ccc(S(=O)(=O)NCCCN2CCOCC2)cc1)c1ccc(F)cc1. The zero-order valence-corrected chi connectivity index (χ0v) is 16.8. The van der Waals surface area contributed by atoms with Crippen molar-refractivity contribution < 1.29 is 22.3 Å². The molecule has 2 N–H and O–H groups in total. The van der Waals surface area contributed by atoms with Gasteiger partial charge in [0.05, 0.1) is 18.1 Å². The number of carbonyl (C=O) groups excluding carboxylic acids is 1. The molecule has 1 aliphatic rings. The summed E-state index contributed by atoms with van der Waals surface area (Å²) in [4.78, 5) is 14.5. The lowest BCUT2D eigenvalue weighted by Crippen LogP contribution is -2.38. The standard InChI is InChI=1S/C20H24FN3O4S/c21-17-4-2-16(3-5-17)20(25)23-18-6-8-19(9-7-18)29(26,27)22-10-1-11-24-12-14-28-15-13-24/h2-9,22H,1,10-15H2,(H,23,25). The van der Waals surface area contributed by atoms with Gasteiger partial charge in [-0.1, -0.05) is 0 Å². The normalized spacial score (nSPS) is 15.2. The lowest BCUT2D eigenvalue weighted by Gasteiger charge is -2.26. The van der Waals surface area contributed by atoms with E-state index < -0.39 is 21.7 Å². The Bertz CT molecular complexity index is 912. The predicted octanol–water partition coefficient (Wildman–Crippen LogP) is 2.08. The number of amides is 1. The Hall–Kier alpha value is -2.33. The molecule has 0 spiro atoms. The molecule has 3 rings (SSSR count). The van der Waals surface area contributed by atoms with Gasteiger partial charge in [0, 0.05) is 30.9 Å². The Labute approximate surface area is 169 Å². The highest BCUT2D eigenvalue weighted by atomic mass is 32.2. The molecular formula is C20H24FN3O4S. The van der Waals surface area contributed by atoms with Crippen LogP contribution >= 0.6 is 0 Å². The van der Waals surface area contributed by atoms with E-state index in [0.29, 0.717) is 24.2 Å². The fourth-order valence-electron chi connectivity index (χ4n) is 2.94. The van der Waals surface area contributed by atoms with Crippen LogP contribution in [0.1, 0.15) is 16.8 Å². The molecule has 0 aliphatic carbocycles. The van der Waals surface area contributed by atoms with Gasteiger partial charge < -0.3 is 10.1 Å². The van der Waals surface area contributed by atoms with Gasteiger partial charge in [-0.05, 0) is 61.5 Å². The molecule has 0 aromatic heterocycles. The summed E-state index contributed by atoms with van der Waals surface area (Å²) in [5, 5.41) is 2.65. The van der Waals surface area contributed by atoms with Gasteiger partial charge in [0.1, 0.15) is 5.82 Å². The van der Waals surface area contributed by atoms with Crippen LogP contribution in [-0.4, -0.2) is 58.6 Å². The monoisotopic (exact) mass is 421 g/mol. The minimum atomic E-state index is -3.61. The average Bonchev–Trinajstić information content (AvgIpc) is 2.73. The van der Waals surface area contributed by atoms with Gasteiger partial charge in [-0.3, -0.25) is 9.69 Å². The number of hydrogen-bond acceptors (Lipinski definition) is 5. The smallest absolute Gasteiger partial charge is 0.255 e. The number of rotatable bonds is 8. The molecule has 0 atom stereocenters. The number of nitrogens with zero attached hydrogens (tertiary/aromatic N) is 1. The predicted molar refractivity (Wildman–Crippen MR) is 108 cm³/mol. The molecule has 1 saturated heterocycles. The quantitative estimate of drug-likeness (QED) is 0.638. The van der Waals surface area contributed by atoms with Gasteiger partial charge >= 0.3 is 0 Å². The topological polar surface area (TPSA) is 87.7 Å². The van der Waals surface area contributed by atoms with Crippen LogP contribution < -0.4 is 10.0 Å². The number of nitrogens with one attached hydrogen (secondary N) is 2. The van der Waals surface area contributed by atoms with Crippen LogP contribution in [0.25, 0.3) is 0 Å². The summed E-state index contributed by atoms with van der Waals surface area (Å²) >= 11 is 0. The molecule has 0 saturated carbocycles. The number of ether oxygens (including phenoxy) is 1. The molecule has 7 nitrogen and oxygen atoms in total. The van der Waals surface area contributed by atoms with Crippen LogP contribution in [0.15, 0.2) is 53.4 Å². The highest BCUT2D eigenvalue weighted by Gasteiger charge is 2.15. The molecule has 2 aromatic carbocycles. The van der Waals surface area contributed by atoms with E-state index in [4.69, 9.17) is 4.74 Å². The number of hydrogen-bond donors (Lipinski definition) is 2. The van der Waals surface area contributed by atoms with Gasteiger partial charge in [-0.15, -0.1) is 0 Å². The second-order valence-corrected chi connectivity index (χ2v) is 8.46. The fraction of sp³-hybridized carbons (Fsp3) is 0.350. The van der Waals surface area contributed by atoms with Crippen LogP contribution in [0.5, 0.6) is 0 Å². The number of anilines is 1. The van der Waals surface area contributed by atoms with Crippen molar-refractivity contribution in [3.63, 3.8) is 0 Å². The largest absolute Gasteiger partial charge is 0.379 e. The number of sulfonamides is 1. The van der Waals surface area contributed by atoms with Crippen molar-refractivity contribution in [1.29, 1.82) is 0 Å². The van der Waals surface area contributed by atoms with Crippen molar-refractivity contribution in [2.45, 2.75) is 11.3 Å². The molecular weight excluding hydrogens is 397 g/mol. The highest BCUT2D eigenvalue weighted by Crippen LogP contribution is 2.15. The van der Waals surface area contributed by atoms with Gasteiger partial charge in [0.15, 0.2) is 0 Å². The number of halogens is 1. The van der Waals surface area contributed by atoms with Crippen LogP contribution in [-0.2, 0) is 14.8 Å². The Kier molecular flexibility index (Phi) is 7.32. The van der Waals surface area contributed by atoms with Crippen molar-refractivity contribution in [2.24, 2.45) is 0 Å². The molecule has 1 aliphatic heterocycles. The Balaban J connectivity index is 1.50. The lowest BCUT2D eigenvalue weighted by molar-refractivity contribution is 0.0376. The molecule has 29 heavy (non-hydrogen) atoms. The summed E-state index contributed by atoms with van der Waals surface area (Å²) in [5.41, 5.74) is 0.760. The van der Waals surface area contributed by atoms with E-state index in [9.17, 15) is 17.6 Å². The molecule has 9 heteroatoms. The van der Waals surface area contributed by atoms with Crippen molar-refractivity contribution in [2.75, 3.05) is 44.7 Å². The third-order valence-electron chi connectivity index (χ3n) is 4.58. The second kappa shape index (κ2) is 9.93. The fourth-order valence-corrected chi connectivity index (χ4v) is 4.01. The van der Waals surface area contributed by atoms with Gasteiger partial charge in [0.25, 0.3) is 5.91 Å². The first-order chi connectivity index (χ1) is 13.9. The van der Waals surface area contributed by atoms with Crippen molar-refractivity contribution in [3.8, 4) is 0 Å². The van der Waals surface area contributed by atoms with Crippen molar-refractivity contribution in [1.82, 2.24) is 9.62 Å². The van der Waals surface area contributed by atoms with Crippen molar-refractivity contribution in [3.05, 3.63) is 59.9 Å². The minimum Gasteiger partial charge on any atom is -0.379 e. The third-order valence-corrected chi connectivity index (χ3v) is 6.05. The van der Waals surface area contributed by atoms with Gasteiger partial charge in [-0.25, -0.2) is 17.5 Å². The lowest BCUT2D eigenvalue weighted by atomic mass is 10.2. The Morgan fingerprint density at radius 1 is 1.03 bits per heavy atom. The van der Waals surface area contributed by atoms with Crippen LogP contribution in [0.3, 0.4) is 0 Å². The van der Waals surface area contributed by atoms with E-state index in [1.54, 1.807) is 0 Å². The number of morpholine rings is 1. The molecule has 2 aromatic rings. The molecule has 1 heterocycles. The molecule has 0 bridgehead atoms.